The number of benzene rings is 1. The summed E-state index contributed by atoms with van der Waals surface area (Å²) in [6.45, 7) is 1.78. The molecule has 108 valence electrons. The first-order chi connectivity index (χ1) is 10.0. The number of carbonyl (C=O) groups is 2. The first kappa shape index (κ1) is 15.2. The van der Waals surface area contributed by atoms with E-state index in [1.54, 1.807) is 43.5 Å². The fourth-order valence-electron chi connectivity index (χ4n) is 1.91. The van der Waals surface area contributed by atoms with Gasteiger partial charge >= 0.3 is 0 Å². The molecular formula is C16H15ClN2O2. The van der Waals surface area contributed by atoms with Gasteiger partial charge in [0, 0.05) is 30.3 Å². The largest absolute Gasteiger partial charge is 0.399 e. The fraction of sp³-hybridized carbons (Fsp3) is 0.188. The Bertz CT molecular complexity index is 681. The van der Waals surface area contributed by atoms with Gasteiger partial charge in [0.05, 0.1) is 5.02 Å². The summed E-state index contributed by atoms with van der Waals surface area (Å²) in [7, 11) is 0. The van der Waals surface area contributed by atoms with Gasteiger partial charge in [-0.25, -0.2) is 0 Å². The topological polar surface area (TPSA) is 73.0 Å². The predicted molar refractivity (Wildman–Crippen MR) is 82.8 cm³/mol. The second-order valence-electron chi connectivity index (χ2n) is 4.67. The SMILES string of the molecule is CCC(=O)c1ccc(CC(=O)c2cc(N)ccc2Cl)cn1. The summed E-state index contributed by atoms with van der Waals surface area (Å²) in [5.41, 5.74) is 7.69. The molecule has 0 saturated heterocycles. The smallest absolute Gasteiger partial charge is 0.180 e. The molecule has 1 aromatic carbocycles. The minimum Gasteiger partial charge on any atom is -0.399 e. The molecule has 0 saturated carbocycles. The summed E-state index contributed by atoms with van der Waals surface area (Å²) < 4.78 is 0. The van der Waals surface area contributed by atoms with E-state index < -0.39 is 0 Å². The van der Waals surface area contributed by atoms with Gasteiger partial charge in [-0.1, -0.05) is 24.6 Å². The lowest BCUT2D eigenvalue weighted by molar-refractivity contribution is 0.0981. The highest BCUT2D eigenvalue weighted by Gasteiger charge is 2.12. The van der Waals surface area contributed by atoms with Crippen molar-refractivity contribution in [3.05, 3.63) is 58.4 Å². The van der Waals surface area contributed by atoms with Crippen molar-refractivity contribution in [3.8, 4) is 0 Å². The van der Waals surface area contributed by atoms with E-state index in [-0.39, 0.29) is 18.0 Å². The third kappa shape index (κ3) is 3.67. The van der Waals surface area contributed by atoms with E-state index in [0.29, 0.717) is 28.4 Å². The van der Waals surface area contributed by atoms with E-state index in [0.717, 1.165) is 5.56 Å². The van der Waals surface area contributed by atoms with Gasteiger partial charge in [0.2, 0.25) is 0 Å². The molecule has 0 aliphatic heterocycles. The lowest BCUT2D eigenvalue weighted by atomic mass is 10.0. The molecule has 0 amide bonds. The molecule has 0 radical (unpaired) electrons. The van der Waals surface area contributed by atoms with Crippen LogP contribution in [0.4, 0.5) is 5.69 Å². The molecule has 4 nitrogen and oxygen atoms in total. The van der Waals surface area contributed by atoms with Crippen LogP contribution in [0.15, 0.2) is 36.5 Å². The number of rotatable bonds is 5. The van der Waals surface area contributed by atoms with Crippen LogP contribution in [0, 0.1) is 0 Å². The van der Waals surface area contributed by atoms with Crippen LogP contribution in [0.2, 0.25) is 5.02 Å². The molecule has 0 fully saturated rings. The monoisotopic (exact) mass is 302 g/mol. The predicted octanol–water partition coefficient (Wildman–Crippen LogP) is 3.34. The molecule has 0 aliphatic rings. The number of anilines is 1. The van der Waals surface area contributed by atoms with E-state index in [1.165, 1.54) is 0 Å². The van der Waals surface area contributed by atoms with Crippen molar-refractivity contribution in [1.82, 2.24) is 4.98 Å². The van der Waals surface area contributed by atoms with E-state index in [9.17, 15) is 9.59 Å². The van der Waals surface area contributed by atoms with Crippen molar-refractivity contribution >= 4 is 28.9 Å². The van der Waals surface area contributed by atoms with Gasteiger partial charge in [0.15, 0.2) is 11.6 Å². The number of pyridine rings is 1. The number of ketones is 2. The van der Waals surface area contributed by atoms with Crippen molar-refractivity contribution in [1.29, 1.82) is 0 Å². The van der Waals surface area contributed by atoms with Crippen LogP contribution >= 0.6 is 11.6 Å². The van der Waals surface area contributed by atoms with Gasteiger partial charge in [0.25, 0.3) is 0 Å². The maximum Gasteiger partial charge on any atom is 0.180 e. The quantitative estimate of drug-likeness (QED) is 0.679. The highest BCUT2D eigenvalue weighted by atomic mass is 35.5. The second-order valence-corrected chi connectivity index (χ2v) is 5.07. The van der Waals surface area contributed by atoms with Crippen molar-refractivity contribution in [2.75, 3.05) is 5.73 Å². The summed E-state index contributed by atoms with van der Waals surface area (Å²) in [6, 6.07) is 8.17. The Morgan fingerprint density at radius 1 is 1.19 bits per heavy atom. The van der Waals surface area contributed by atoms with E-state index >= 15 is 0 Å². The van der Waals surface area contributed by atoms with E-state index in [4.69, 9.17) is 17.3 Å². The third-order valence-corrected chi connectivity index (χ3v) is 3.42. The molecule has 2 aromatic rings. The molecule has 5 heteroatoms. The number of hydrogen-bond donors (Lipinski definition) is 1. The number of nitrogens with zero attached hydrogens (tertiary/aromatic N) is 1. The third-order valence-electron chi connectivity index (χ3n) is 3.09. The molecule has 2 rings (SSSR count). The van der Waals surface area contributed by atoms with Gasteiger partial charge < -0.3 is 5.73 Å². The number of aromatic nitrogens is 1. The molecule has 0 spiro atoms. The second kappa shape index (κ2) is 6.50. The number of hydrogen-bond acceptors (Lipinski definition) is 4. The standard InChI is InChI=1S/C16H15ClN2O2/c1-2-15(20)14-6-3-10(9-19-14)7-16(21)12-8-11(18)4-5-13(12)17/h3-6,8-9H,2,7,18H2,1H3. The fourth-order valence-corrected chi connectivity index (χ4v) is 2.14. The van der Waals surface area contributed by atoms with E-state index in [1.807, 2.05) is 0 Å². The Kier molecular flexibility index (Phi) is 4.70. The van der Waals surface area contributed by atoms with Crippen molar-refractivity contribution in [2.45, 2.75) is 19.8 Å². The molecule has 0 atom stereocenters. The summed E-state index contributed by atoms with van der Waals surface area (Å²) in [6.07, 6.45) is 2.11. The van der Waals surface area contributed by atoms with Crippen molar-refractivity contribution in [3.63, 3.8) is 0 Å². The molecule has 1 heterocycles. The Balaban J connectivity index is 2.16. The van der Waals surface area contributed by atoms with Crippen LogP contribution < -0.4 is 5.73 Å². The van der Waals surface area contributed by atoms with Gasteiger partial charge in [-0.05, 0) is 29.8 Å². The average molecular weight is 303 g/mol. The Morgan fingerprint density at radius 3 is 2.57 bits per heavy atom. The molecule has 0 aliphatic carbocycles. The molecule has 21 heavy (non-hydrogen) atoms. The Morgan fingerprint density at radius 2 is 1.95 bits per heavy atom. The highest BCUT2D eigenvalue weighted by Crippen LogP contribution is 2.20. The molecular weight excluding hydrogens is 288 g/mol. The minimum absolute atomic E-state index is 0.0215. The molecule has 0 unspecified atom stereocenters. The lowest BCUT2D eigenvalue weighted by Gasteiger charge is -2.05. The average Bonchev–Trinajstić information content (AvgIpc) is 2.49. The number of halogens is 1. The molecule has 0 bridgehead atoms. The normalized spacial score (nSPS) is 10.4. The van der Waals surface area contributed by atoms with Gasteiger partial charge in [-0.3, -0.25) is 14.6 Å². The summed E-state index contributed by atoms with van der Waals surface area (Å²) >= 11 is 6.01. The van der Waals surface area contributed by atoms with Crippen molar-refractivity contribution in [2.24, 2.45) is 0 Å². The number of nitrogens with two attached hydrogens (primary N) is 1. The Labute approximate surface area is 127 Å². The van der Waals surface area contributed by atoms with E-state index in [2.05, 4.69) is 4.98 Å². The zero-order valence-electron chi connectivity index (χ0n) is 11.6. The summed E-state index contributed by atoms with van der Waals surface area (Å²) in [4.78, 5) is 27.8. The Hall–Kier alpha value is -2.20. The lowest BCUT2D eigenvalue weighted by Crippen LogP contribution is -2.07. The molecule has 2 N–H and O–H groups in total. The van der Waals surface area contributed by atoms with Gasteiger partial charge in [0.1, 0.15) is 5.69 Å². The number of nitrogen functional groups attached to an aromatic ring is 1. The number of Topliss-reactive ketones (excluding diaryl/α,β-unsaturated/α-hetero) is 2. The van der Waals surface area contributed by atoms with Crippen LogP contribution in [-0.4, -0.2) is 16.6 Å². The zero-order chi connectivity index (χ0) is 15.4. The summed E-state index contributed by atoms with van der Waals surface area (Å²) in [5, 5.41) is 0.375. The maximum absolute atomic E-state index is 12.2. The molecule has 1 aromatic heterocycles. The minimum atomic E-state index is -0.135. The number of carbonyl (C=O) groups excluding carboxylic acids is 2. The van der Waals surface area contributed by atoms with Crippen LogP contribution in [-0.2, 0) is 6.42 Å². The van der Waals surface area contributed by atoms with Gasteiger partial charge in [-0.15, -0.1) is 0 Å². The zero-order valence-corrected chi connectivity index (χ0v) is 12.4. The van der Waals surface area contributed by atoms with Crippen LogP contribution in [0.3, 0.4) is 0 Å². The first-order valence-corrected chi connectivity index (χ1v) is 6.95. The van der Waals surface area contributed by atoms with Crippen LogP contribution in [0.5, 0.6) is 0 Å². The summed E-state index contributed by atoms with van der Waals surface area (Å²) in [5.74, 6) is -0.157. The first-order valence-electron chi connectivity index (χ1n) is 6.57. The maximum atomic E-state index is 12.2. The van der Waals surface area contributed by atoms with Crippen LogP contribution in [0.1, 0.15) is 39.8 Å². The van der Waals surface area contributed by atoms with Gasteiger partial charge in [-0.2, -0.15) is 0 Å². The van der Waals surface area contributed by atoms with Crippen molar-refractivity contribution < 1.29 is 9.59 Å². The highest BCUT2D eigenvalue weighted by molar-refractivity contribution is 6.34. The van der Waals surface area contributed by atoms with Crippen LogP contribution in [0.25, 0.3) is 0 Å².